The number of amides is 1. The Balaban J connectivity index is 2.71. The van der Waals surface area contributed by atoms with Gasteiger partial charge < -0.3 is 4.90 Å². The molecule has 0 aromatic carbocycles. The Kier molecular flexibility index (Phi) is 7.56. The SMILES string of the molecule is CC(Cl)/C=C/C(=O)N(CCC(C)C)Cc1cnc(Cl)s1. The lowest BCUT2D eigenvalue weighted by Gasteiger charge is -2.21. The lowest BCUT2D eigenvalue weighted by Crippen LogP contribution is -2.30. The molecule has 6 heteroatoms. The zero-order valence-electron chi connectivity index (χ0n) is 12.0. The Labute approximate surface area is 134 Å². The molecule has 0 aliphatic carbocycles. The molecule has 0 bridgehead atoms. The predicted octanol–water partition coefficient (Wildman–Crippen LogP) is 4.35. The number of rotatable bonds is 7. The number of alkyl halides is 1. The molecule has 0 aliphatic heterocycles. The van der Waals surface area contributed by atoms with Gasteiger partial charge in [0.1, 0.15) is 0 Å². The largest absolute Gasteiger partial charge is 0.334 e. The molecule has 0 aliphatic rings. The van der Waals surface area contributed by atoms with Crippen LogP contribution in [0.4, 0.5) is 0 Å². The van der Waals surface area contributed by atoms with Crippen LogP contribution in [0.2, 0.25) is 4.47 Å². The van der Waals surface area contributed by atoms with Crippen LogP contribution in [0.15, 0.2) is 18.3 Å². The van der Waals surface area contributed by atoms with E-state index in [1.807, 2.05) is 6.92 Å². The topological polar surface area (TPSA) is 33.2 Å². The van der Waals surface area contributed by atoms with Crippen molar-refractivity contribution in [1.82, 2.24) is 9.88 Å². The van der Waals surface area contributed by atoms with Crippen molar-refractivity contribution < 1.29 is 4.79 Å². The van der Waals surface area contributed by atoms with Gasteiger partial charge in [-0.2, -0.15) is 0 Å². The normalized spacial score (nSPS) is 13.1. The third-order valence-corrected chi connectivity index (χ3v) is 3.91. The smallest absolute Gasteiger partial charge is 0.246 e. The second kappa shape index (κ2) is 8.65. The molecule has 1 rings (SSSR count). The third-order valence-electron chi connectivity index (χ3n) is 2.66. The van der Waals surface area contributed by atoms with Crippen molar-refractivity contribution in [3.63, 3.8) is 0 Å². The molecule has 0 spiro atoms. The molecule has 20 heavy (non-hydrogen) atoms. The highest BCUT2D eigenvalue weighted by Crippen LogP contribution is 2.20. The van der Waals surface area contributed by atoms with E-state index in [2.05, 4.69) is 18.8 Å². The Morgan fingerprint density at radius 2 is 2.20 bits per heavy atom. The Hall–Kier alpha value is -0.580. The summed E-state index contributed by atoms with van der Waals surface area (Å²) in [7, 11) is 0. The Morgan fingerprint density at radius 3 is 2.70 bits per heavy atom. The molecule has 1 aromatic rings. The van der Waals surface area contributed by atoms with Crippen LogP contribution in [-0.2, 0) is 11.3 Å². The maximum Gasteiger partial charge on any atom is 0.246 e. The standard InChI is InChI=1S/C14H20Cl2N2OS/c1-10(2)6-7-18(13(19)5-4-11(3)15)9-12-8-17-14(16)20-12/h4-5,8,10-11H,6-7,9H2,1-3H3/b5-4+. The van der Waals surface area contributed by atoms with Gasteiger partial charge in [0.2, 0.25) is 5.91 Å². The van der Waals surface area contributed by atoms with Crippen molar-refractivity contribution in [2.45, 2.75) is 39.1 Å². The van der Waals surface area contributed by atoms with Crippen molar-refractivity contribution in [1.29, 1.82) is 0 Å². The summed E-state index contributed by atoms with van der Waals surface area (Å²) in [5, 5.41) is -0.149. The number of aromatic nitrogens is 1. The van der Waals surface area contributed by atoms with Gasteiger partial charge in [0.15, 0.2) is 4.47 Å². The quantitative estimate of drug-likeness (QED) is 0.548. The Bertz CT molecular complexity index is 458. The van der Waals surface area contributed by atoms with Crippen molar-refractivity contribution in [3.8, 4) is 0 Å². The van der Waals surface area contributed by atoms with E-state index in [9.17, 15) is 4.79 Å². The lowest BCUT2D eigenvalue weighted by molar-refractivity contribution is -0.126. The molecule has 1 amide bonds. The van der Waals surface area contributed by atoms with Crippen molar-refractivity contribution in [3.05, 3.63) is 27.7 Å². The summed E-state index contributed by atoms with van der Waals surface area (Å²) in [5.41, 5.74) is 0. The monoisotopic (exact) mass is 334 g/mol. The second-order valence-electron chi connectivity index (χ2n) is 5.06. The minimum Gasteiger partial charge on any atom is -0.334 e. The van der Waals surface area contributed by atoms with Crippen LogP contribution in [0.25, 0.3) is 0 Å². The molecule has 0 saturated carbocycles. The number of carbonyl (C=O) groups is 1. The van der Waals surface area contributed by atoms with Crippen LogP contribution in [0, 0.1) is 5.92 Å². The Morgan fingerprint density at radius 1 is 1.50 bits per heavy atom. The molecule has 1 unspecified atom stereocenters. The van der Waals surface area contributed by atoms with Crippen LogP contribution in [0.1, 0.15) is 32.1 Å². The van der Waals surface area contributed by atoms with E-state index < -0.39 is 0 Å². The first-order chi connectivity index (χ1) is 9.38. The van der Waals surface area contributed by atoms with Crippen LogP contribution in [-0.4, -0.2) is 27.7 Å². The van der Waals surface area contributed by atoms with Gasteiger partial charge in [0.25, 0.3) is 0 Å². The summed E-state index contributed by atoms with van der Waals surface area (Å²) in [5.74, 6) is 0.522. The summed E-state index contributed by atoms with van der Waals surface area (Å²) in [6, 6.07) is 0. The minimum absolute atomic E-state index is 0.0253. The second-order valence-corrected chi connectivity index (χ2v) is 7.44. The minimum atomic E-state index is -0.149. The first-order valence-corrected chi connectivity index (χ1v) is 8.23. The van der Waals surface area contributed by atoms with Gasteiger partial charge in [-0.25, -0.2) is 4.98 Å². The first kappa shape index (κ1) is 17.5. The van der Waals surface area contributed by atoms with E-state index in [-0.39, 0.29) is 11.3 Å². The average Bonchev–Trinajstić information content (AvgIpc) is 2.76. The van der Waals surface area contributed by atoms with Gasteiger partial charge in [-0.3, -0.25) is 4.79 Å². The highest BCUT2D eigenvalue weighted by Gasteiger charge is 2.13. The highest BCUT2D eigenvalue weighted by atomic mass is 35.5. The van der Waals surface area contributed by atoms with Crippen LogP contribution in [0.5, 0.6) is 0 Å². The predicted molar refractivity (Wildman–Crippen MR) is 86.5 cm³/mol. The molecule has 1 aromatic heterocycles. The zero-order chi connectivity index (χ0) is 15.1. The fourth-order valence-corrected chi connectivity index (χ4v) is 2.61. The van der Waals surface area contributed by atoms with Crippen molar-refractivity contribution in [2.75, 3.05) is 6.54 Å². The van der Waals surface area contributed by atoms with E-state index in [1.165, 1.54) is 11.3 Å². The summed E-state index contributed by atoms with van der Waals surface area (Å²) in [6.07, 6.45) is 5.92. The van der Waals surface area contributed by atoms with Crippen LogP contribution in [0.3, 0.4) is 0 Å². The number of hydrogen-bond acceptors (Lipinski definition) is 3. The van der Waals surface area contributed by atoms with Crippen molar-refractivity contribution >= 4 is 40.4 Å². The fourth-order valence-electron chi connectivity index (χ4n) is 1.55. The number of thiazole rings is 1. The summed E-state index contributed by atoms with van der Waals surface area (Å²) in [6.45, 7) is 7.36. The van der Waals surface area contributed by atoms with E-state index in [0.717, 1.165) is 11.3 Å². The average molecular weight is 335 g/mol. The van der Waals surface area contributed by atoms with E-state index >= 15 is 0 Å². The maximum atomic E-state index is 12.2. The zero-order valence-corrected chi connectivity index (χ0v) is 14.3. The molecular weight excluding hydrogens is 315 g/mol. The molecule has 1 atom stereocenters. The molecule has 3 nitrogen and oxygen atoms in total. The first-order valence-electron chi connectivity index (χ1n) is 6.60. The van der Waals surface area contributed by atoms with Crippen molar-refractivity contribution in [2.24, 2.45) is 5.92 Å². The number of halogens is 2. The summed E-state index contributed by atoms with van der Waals surface area (Å²) in [4.78, 5) is 19.0. The summed E-state index contributed by atoms with van der Waals surface area (Å²) >= 11 is 13.1. The van der Waals surface area contributed by atoms with Gasteiger partial charge in [-0.15, -0.1) is 22.9 Å². The van der Waals surface area contributed by atoms with Crippen LogP contribution >= 0.6 is 34.5 Å². The molecule has 0 radical (unpaired) electrons. The lowest BCUT2D eigenvalue weighted by atomic mass is 10.1. The number of hydrogen-bond donors (Lipinski definition) is 0. The van der Waals surface area contributed by atoms with E-state index in [1.54, 1.807) is 23.2 Å². The molecular formula is C14H20Cl2N2OS. The molecule has 0 saturated heterocycles. The number of carbonyl (C=O) groups excluding carboxylic acids is 1. The molecule has 1 heterocycles. The maximum absolute atomic E-state index is 12.2. The number of allylic oxidation sites excluding steroid dienone is 1. The summed E-state index contributed by atoms with van der Waals surface area (Å²) < 4.78 is 0.501. The van der Waals surface area contributed by atoms with Gasteiger partial charge in [0.05, 0.1) is 6.54 Å². The van der Waals surface area contributed by atoms with E-state index in [0.29, 0.717) is 23.5 Å². The van der Waals surface area contributed by atoms with Gasteiger partial charge >= 0.3 is 0 Å². The molecule has 0 N–H and O–H groups in total. The number of nitrogens with zero attached hydrogens (tertiary/aromatic N) is 2. The highest BCUT2D eigenvalue weighted by molar-refractivity contribution is 7.15. The van der Waals surface area contributed by atoms with Gasteiger partial charge in [0, 0.05) is 29.1 Å². The molecule has 112 valence electrons. The van der Waals surface area contributed by atoms with Gasteiger partial charge in [-0.1, -0.05) is 31.5 Å². The van der Waals surface area contributed by atoms with Crippen LogP contribution < -0.4 is 0 Å². The van der Waals surface area contributed by atoms with Gasteiger partial charge in [-0.05, 0) is 19.3 Å². The van der Waals surface area contributed by atoms with E-state index in [4.69, 9.17) is 23.2 Å². The fraction of sp³-hybridized carbons (Fsp3) is 0.571. The molecule has 0 fully saturated rings. The third kappa shape index (κ3) is 6.73.